The molecule has 4 heterocycles. The standard InChI is InChI=1S/C25H30N6O2/c1-16(2)31-24-20(11-27-31)25(32)29-23(28-24)21-14-30(12-17(21)3)13-19-8-9-22(26-10-19)33-15-18-6-4-5-7-18/h4-11,16-18,21H,12-15H2,1-3H3,(H,28,29,32)/t17-,21-/m1/s1. The third kappa shape index (κ3) is 4.48. The Morgan fingerprint density at radius 1 is 1.18 bits per heavy atom. The van der Waals surface area contributed by atoms with Gasteiger partial charge in [-0.3, -0.25) is 9.69 Å². The molecule has 0 aromatic carbocycles. The Balaban J connectivity index is 1.25. The first-order valence-electron chi connectivity index (χ1n) is 11.6. The molecule has 3 aromatic rings. The SMILES string of the molecule is CC(C)n1ncc2c(=O)[nH]c([C@@H]3CN(Cc4ccc(OCC5C=CC=C5)nc4)C[C@H]3C)nc21. The van der Waals surface area contributed by atoms with Crippen LogP contribution >= 0.6 is 0 Å². The second-order valence-corrected chi connectivity index (χ2v) is 9.40. The summed E-state index contributed by atoms with van der Waals surface area (Å²) in [4.78, 5) is 27.4. The van der Waals surface area contributed by atoms with Crippen LogP contribution in [0.4, 0.5) is 0 Å². The van der Waals surface area contributed by atoms with Crippen molar-refractivity contribution >= 4 is 11.0 Å². The molecule has 8 nitrogen and oxygen atoms in total. The van der Waals surface area contributed by atoms with E-state index in [1.165, 1.54) is 0 Å². The van der Waals surface area contributed by atoms with Gasteiger partial charge in [-0.25, -0.2) is 14.6 Å². The van der Waals surface area contributed by atoms with E-state index in [1.54, 1.807) is 6.20 Å². The Bertz CT molecular complexity index is 1230. The van der Waals surface area contributed by atoms with E-state index in [9.17, 15) is 4.79 Å². The Hall–Kier alpha value is -3.26. The molecule has 0 radical (unpaired) electrons. The summed E-state index contributed by atoms with van der Waals surface area (Å²) < 4.78 is 7.62. The predicted molar refractivity (Wildman–Crippen MR) is 127 cm³/mol. The fraction of sp³-hybridized carbons (Fsp3) is 0.440. The number of allylic oxidation sites excluding steroid dienone is 2. The number of likely N-dealkylation sites (tertiary alicyclic amines) is 1. The number of aromatic amines is 1. The summed E-state index contributed by atoms with van der Waals surface area (Å²) >= 11 is 0. The highest BCUT2D eigenvalue weighted by molar-refractivity contribution is 5.73. The number of H-pyrrole nitrogens is 1. The number of aromatic nitrogens is 5. The molecule has 2 aliphatic rings. The zero-order valence-corrected chi connectivity index (χ0v) is 19.3. The molecule has 1 fully saturated rings. The summed E-state index contributed by atoms with van der Waals surface area (Å²) in [5, 5.41) is 4.90. The summed E-state index contributed by atoms with van der Waals surface area (Å²) in [5.41, 5.74) is 1.69. The van der Waals surface area contributed by atoms with Crippen molar-refractivity contribution in [2.24, 2.45) is 11.8 Å². The van der Waals surface area contributed by atoms with E-state index < -0.39 is 0 Å². The molecule has 3 aromatic heterocycles. The lowest BCUT2D eigenvalue weighted by Gasteiger charge is -2.16. The van der Waals surface area contributed by atoms with Gasteiger partial charge in [-0.05, 0) is 25.3 Å². The van der Waals surface area contributed by atoms with Crippen molar-refractivity contribution < 1.29 is 4.74 Å². The minimum absolute atomic E-state index is 0.115. The number of ether oxygens (including phenoxy) is 1. The molecule has 172 valence electrons. The molecule has 0 amide bonds. The van der Waals surface area contributed by atoms with Gasteiger partial charge >= 0.3 is 0 Å². The van der Waals surface area contributed by atoms with Crippen LogP contribution in [0, 0.1) is 11.8 Å². The van der Waals surface area contributed by atoms with Crippen molar-refractivity contribution in [3.8, 4) is 5.88 Å². The van der Waals surface area contributed by atoms with Crippen LogP contribution in [0.5, 0.6) is 5.88 Å². The van der Waals surface area contributed by atoms with Gasteiger partial charge in [0.1, 0.15) is 11.2 Å². The largest absolute Gasteiger partial charge is 0.477 e. The van der Waals surface area contributed by atoms with E-state index in [1.807, 2.05) is 42.9 Å². The maximum atomic E-state index is 12.7. The number of pyridine rings is 1. The van der Waals surface area contributed by atoms with Gasteiger partial charge in [0.15, 0.2) is 5.65 Å². The molecule has 0 bridgehead atoms. The lowest BCUT2D eigenvalue weighted by molar-refractivity contribution is 0.285. The van der Waals surface area contributed by atoms with Crippen LogP contribution < -0.4 is 10.3 Å². The van der Waals surface area contributed by atoms with Crippen LogP contribution in [-0.4, -0.2) is 49.3 Å². The van der Waals surface area contributed by atoms with E-state index in [0.29, 0.717) is 35.4 Å². The number of rotatable bonds is 7. The van der Waals surface area contributed by atoms with E-state index >= 15 is 0 Å². The third-order valence-corrected chi connectivity index (χ3v) is 6.47. The number of hydrogen-bond donors (Lipinski definition) is 1. The van der Waals surface area contributed by atoms with Gasteiger partial charge in [0.25, 0.3) is 5.56 Å². The molecule has 1 aliphatic heterocycles. The highest BCUT2D eigenvalue weighted by Gasteiger charge is 2.33. The molecule has 1 N–H and O–H groups in total. The highest BCUT2D eigenvalue weighted by Crippen LogP contribution is 2.31. The summed E-state index contributed by atoms with van der Waals surface area (Å²) in [5.74, 6) is 2.27. The molecule has 5 rings (SSSR count). The molecule has 2 atom stereocenters. The lowest BCUT2D eigenvalue weighted by atomic mass is 9.97. The van der Waals surface area contributed by atoms with E-state index in [2.05, 4.69) is 45.1 Å². The van der Waals surface area contributed by atoms with Crippen LogP contribution in [0.3, 0.4) is 0 Å². The first kappa shape index (κ1) is 21.6. The monoisotopic (exact) mass is 446 g/mol. The quantitative estimate of drug-likeness (QED) is 0.598. The zero-order chi connectivity index (χ0) is 22.9. The Morgan fingerprint density at radius 3 is 2.73 bits per heavy atom. The Kier molecular flexibility index (Phi) is 5.85. The smallest absolute Gasteiger partial charge is 0.262 e. The van der Waals surface area contributed by atoms with Crippen LogP contribution in [0.1, 0.15) is 44.1 Å². The Morgan fingerprint density at radius 2 is 2.00 bits per heavy atom. The molecule has 1 aliphatic carbocycles. The maximum absolute atomic E-state index is 12.7. The average Bonchev–Trinajstić information content (AvgIpc) is 3.53. The minimum atomic E-state index is -0.115. The van der Waals surface area contributed by atoms with Crippen LogP contribution in [0.25, 0.3) is 11.0 Å². The van der Waals surface area contributed by atoms with Crippen molar-refractivity contribution in [2.75, 3.05) is 19.7 Å². The number of nitrogens with zero attached hydrogens (tertiary/aromatic N) is 5. The molecular formula is C25H30N6O2. The Labute approximate surface area is 193 Å². The van der Waals surface area contributed by atoms with Gasteiger partial charge in [-0.15, -0.1) is 0 Å². The number of nitrogens with one attached hydrogen (secondary N) is 1. The topological polar surface area (TPSA) is 88.9 Å². The minimum Gasteiger partial charge on any atom is -0.477 e. The van der Waals surface area contributed by atoms with Crippen molar-refractivity contribution in [3.63, 3.8) is 0 Å². The van der Waals surface area contributed by atoms with Crippen molar-refractivity contribution in [3.05, 3.63) is 70.6 Å². The molecule has 0 unspecified atom stereocenters. The van der Waals surface area contributed by atoms with E-state index in [4.69, 9.17) is 9.72 Å². The zero-order valence-electron chi connectivity index (χ0n) is 19.3. The summed E-state index contributed by atoms with van der Waals surface area (Å²) in [6.07, 6.45) is 11.8. The van der Waals surface area contributed by atoms with Crippen LogP contribution in [0.15, 0.2) is 53.6 Å². The molecule has 33 heavy (non-hydrogen) atoms. The first-order valence-corrected chi connectivity index (χ1v) is 11.6. The summed E-state index contributed by atoms with van der Waals surface area (Å²) in [6, 6.07) is 4.16. The van der Waals surface area contributed by atoms with Gasteiger partial charge in [0.05, 0.1) is 12.8 Å². The normalized spacial score (nSPS) is 21.1. The van der Waals surface area contributed by atoms with Crippen molar-refractivity contribution in [1.82, 2.24) is 29.6 Å². The van der Waals surface area contributed by atoms with Crippen LogP contribution in [-0.2, 0) is 6.54 Å². The van der Waals surface area contributed by atoms with E-state index in [-0.39, 0.29) is 17.5 Å². The fourth-order valence-electron chi connectivity index (χ4n) is 4.68. The molecule has 8 heteroatoms. The highest BCUT2D eigenvalue weighted by atomic mass is 16.5. The first-order chi connectivity index (χ1) is 16.0. The molecular weight excluding hydrogens is 416 g/mol. The van der Waals surface area contributed by atoms with Gasteiger partial charge in [0.2, 0.25) is 5.88 Å². The average molecular weight is 447 g/mol. The van der Waals surface area contributed by atoms with Crippen molar-refractivity contribution in [2.45, 2.75) is 39.3 Å². The maximum Gasteiger partial charge on any atom is 0.262 e. The fourth-order valence-corrected chi connectivity index (χ4v) is 4.68. The van der Waals surface area contributed by atoms with E-state index in [0.717, 1.165) is 31.0 Å². The summed E-state index contributed by atoms with van der Waals surface area (Å²) in [7, 11) is 0. The van der Waals surface area contributed by atoms with Crippen LogP contribution in [0.2, 0.25) is 0 Å². The lowest BCUT2D eigenvalue weighted by Crippen LogP contribution is -2.21. The van der Waals surface area contributed by atoms with Gasteiger partial charge in [-0.1, -0.05) is 37.3 Å². The van der Waals surface area contributed by atoms with Crippen molar-refractivity contribution in [1.29, 1.82) is 0 Å². The van der Waals surface area contributed by atoms with Gasteiger partial charge < -0.3 is 9.72 Å². The molecule has 0 spiro atoms. The molecule has 0 saturated carbocycles. The second-order valence-electron chi connectivity index (χ2n) is 9.40. The van der Waals surface area contributed by atoms with Gasteiger partial charge in [0, 0.05) is 49.8 Å². The number of fused-ring (bicyclic) bond motifs is 1. The number of hydrogen-bond acceptors (Lipinski definition) is 6. The summed E-state index contributed by atoms with van der Waals surface area (Å²) in [6.45, 7) is 9.49. The third-order valence-electron chi connectivity index (χ3n) is 6.47. The molecule has 1 saturated heterocycles. The van der Waals surface area contributed by atoms with Gasteiger partial charge in [-0.2, -0.15) is 5.10 Å². The predicted octanol–water partition coefficient (Wildman–Crippen LogP) is 3.45. The second kappa shape index (κ2) is 8.94.